The summed E-state index contributed by atoms with van der Waals surface area (Å²) in [5.74, 6) is -0.506. The number of esters is 1. The summed E-state index contributed by atoms with van der Waals surface area (Å²) in [7, 11) is 3.85. The number of carbonyl (C=O) groups excluding carboxylic acids is 2. The Morgan fingerprint density at radius 3 is 2.71 bits per heavy atom. The van der Waals surface area contributed by atoms with E-state index < -0.39 is 0 Å². The van der Waals surface area contributed by atoms with Gasteiger partial charge in [0.25, 0.3) is 5.91 Å². The van der Waals surface area contributed by atoms with Crippen molar-refractivity contribution in [3.8, 4) is 11.1 Å². The molecule has 1 N–H and O–H groups in total. The van der Waals surface area contributed by atoms with Gasteiger partial charge in [0.2, 0.25) is 0 Å². The highest BCUT2D eigenvalue weighted by atomic mass is 16.5. The molecule has 1 radical (unpaired) electrons. The van der Waals surface area contributed by atoms with Crippen molar-refractivity contribution in [3.05, 3.63) is 59.7 Å². The van der Waals surface area contributed by atoms with Gasteiger partial charge in [0.1, 0.15) is 6.61 Å². The number of nitrogens with zero attached hydrogens (tertiary/aromatic N) is 1. The van der Waals surface area contributed by atoms with Gasteiger partial charge in [-0.05, 0) is 57.3 Å². The average molecular weight is 381 g/mol. The van der Waals surface area contributed by atoms with Crippen molar-refractivity contribution in [1.82, 2.24) is 10.2 Å². The van der Waals surface area contributed by atoms with Crippen LogP contribution in [-0.2, 0) is 4.74 Å². The zero-order valence-electron chi connectivity index (χ0n) is 17.1. The van der Waals surface area contributed by atoms with Crippen molar-refractivity contribution < 1.29 is 14.3 Å². The minimum absolute atomic E-state index is 0.101. The highest BCUT2D eigenvalue weighted by Gasteiger charge is 2.16. The minimum atomic E-state index is -0.373. The van der Waals surface area contributed by atoms with Crippen molar-refractivity contribution in [1.29, 1.82) is 0 Å². The Balaban J connectivity index is 2.22. The van der Waals surface area contributed by atoms with E-state index in [-0.39, 0.29) is 17.9 Å². The SMILES string of the molecule is CCCC(C)NC(=O)c1ccc[c]c1-c1cccc(C(=O)OCCN(C)C)c1. The van der Waals surface area contributed by atoms with Crippen molar-refractivity contribution in [2.45, 2.75) is 32.7 Å². The van der Waals surface area contributed by atoms with Crippen molar-refractivity contribution in [3.63, 3.8) is 0 Å². The number of likely N-dealkylation sites (N-methyl/N-ethyl adjacent to an activating group) is 1. The normalized spacial score (nSPS) is 11.9. The molecule has 5 nitrogen and oxygen atoms in total. The Hall–Kier alpha value is -2.66. The van der Waals surface area contributed by atoms with E-state index in [9.17, 15) is 9.59 Å². The van der Waals surface area contributed by atoms with Crippen molar-refractivity contribution >= 4 is 11.9 Å². The van der Waals surface area contributed by atoms with E-state index in [1.54, 1.807) is 36.4 Å². The molecule has 0 saturated heterocycles. The third-order valence-corrected chi connectivity index (χ3v) is 4.36. The molecule has 2 aromatic carbocycles. The van der Waals surface area contributed by atoms with Crippen molar-refractivity contribution in [2.24, 2.45) is 0 Å². The van der Waals surface area contributed by atoms with Gasteiger partial charge in [-0.2, -0.15) is 0 Å². The van der Waals surface area contributed by atoms with Gasteiger partial charge in [-0.15, -0.1) is 0 Å². The summed E-state index contributed by atoms with van der Waals surface area (Å²) in [5, 5.41) is 3.03. The molecule has 0 spiro atoms. The summed E-state index contributed by atoms with van der Waals surface area (Å²) in [6, 6.07) is 15.7. The van der Waals surface area contributed by atoms with Crippen LogP contribution < -0.4 is 5.32 Å². The topological polar surface area (TPSA) is 58.6 Å². The third-order valence-electron chi connectivity index (χ3n) is 4.36. The summed E-state index contributed by atoms with van der Waals surface area (Å²) in [5.41, 5.74) is 2.44. The van der Waals surface area contributed by atoms with Gasteiger partial charge in [0, 0.05) is 23.7 Å². The number of hydrogen-bond donors (Lipinski definition) is 1. The first-order valence-corrected chi connectivity index (χ1v) is 9.66. The first-order valence-electron chi connectivity index (χ1n) is 9.66. The lowest BCUT2D eigenvalue weighted by Gasteiger charge is -2.15. The van der Waals surface area contributed by atoms with E-state index in [0.717, 1.165) is 18.4 Å². The summed E-state index contributed by atoms with van der Waals surface area (Å²) < 4.78 is 5.32. The first-order chi connectivity index (χ1) is 13.4. The quantitative estimate of drug-likeness (QED) is 0.672. The largest absolute Gasteiger partial charge is 0.461 e. The van der Waals surface area contributed by atoms with E-state index in [4.69, 9.17) is 4.74 Å². The zero-order valence-corrected chi connectivity index (χ0v) is 17.1. The predicted octanol–water partition coefficient (Wildman–Crippen LogP) is 3.79. The van der Waals surface area contributed by atoms with Crippen LogP contribution in [0.4, 0.5) is 0 Å². The zero-order chi connectivity index (χ0) is 20.5. The molecule has 0 fully saturated rings. The van der Waals surface area contributed by atoms with Gasteiger partial charge in [-0.3, -0.25) is 4.79 Å². The Labute approximate surface area is 167 Å². The van der Waals surface area contributed by atoms with Gasteiger partial charge in [-0.25, -0.2) is 4.79 Å². The van der Waals surface area contributed by atoms with Gasteiger partial charge in [0.15, 0.2) is 0 Å². The lowest BCUT2D eigenvalue weighted by atomic mass is 9.97. The molecule has 5 heteroatoms. The van der Waals surface area contributed by atoms with Crippen LogP contribution in [0.5, 0.6) is 0 Å². The maximum atomic E-state index is 12.7. The van der Waals surface area contributed by atoms with Crippen LogP contribution >= 0.6 is 0 Å². The third kappa shape index (κ3) is 6.20. The smallest absolute Gasteiger partial charge is 0.338 e. The number of carbonyl (C=O) groups is 2. The summed E-state index contributed by atoms with van der Waals surface area (Å²) in [4.78, 5) is 27.0. The molecule has 0 aliphatic rings. The fraction of sp³-hybridized carbons (Fsp3) is 0.391. The maximum Gasteiger partial charge on any atom is 0.338 e. The molecule has 1 atom stereocenters. The summed E-state index contributed by atoms with van der Waals surface area (Å²) >= 11 is 0. The predicted molar refractivity (Wildman–Crippen MR) is 111 cm³/mol. The second-order valence-electron chi connectivity index (χ2n) is 7.14. The number of hydrogen-bond acceptors (Lipinski definition) is 4. The molecule has 0 aliphatic heterocycles. The highest BCUT2D eigenvalue weighted by Crippen LogP contribution is 2.24. The Bertz CT molecular complexity index is 802. The van der Waals surface area contributed by atoms with Crippen LogP contribution in [0.25, 0.3) is 11.1 Å². The number of benzene rings is 2. The Morgan fingerprint density at radius 2 is 2.00 bits per heavy atom. The van der Waals surface area contributed by atoms with Gasteiger partial charge in [-0.1, -0.05) is 37.6 Å². The first kappa shape index (κ1) is 21.6. The van der Waals surface area contributed by atoms with Crippen LogP contribution in [0.15, 0.2) is 42.5 Å². The molecule has 0 saturated carbocycles. The van der Waals surface area contributed by atoms with Crippen LogP contribution in [-0.4, -0.2) is 50.1 Å². The van der Waals surface area contributed by atoms with Gasteiger partial charge in [0.05, 0.1) is 5.56 Å². The molecule has 1 unspecified atom stereocenters. The van der Waals surface area contributed by atoms with Crippen molar-refractivity contribution in [2.75, 3.05) is 27.2 Å². The molecule has 0 aromatic heterocycles. The summed E-state index contributed by atoms with van der Waals surface area (Å²) in [6.45, 7) is 5.08. The van der Waals surface area contributed by atoms with Gasteiger partial charge >= 0.3 is 5.97 Å². The molecule has 2 rings (SSSR count). The van der Waals surface area contributed by atoms with Crippen LogP contribution in [0.3, 0.4) is 0 Å². The second kappa shape index (κ2) is 10.6. The molecule has 2 aromatic rings. The number of amides is 1. The summed E-state index contributed by atoms with van der Waals surface area (Å²) in [6.07, 6.45) is 1.93. The van der Waals surface area contributed by atoms with E-state index in [1.165, 1.54) is 0 Å². The lowest BCUT2D eigenvalue weighted by molar-refractivity contribution is 0.0482. The number of nitrogens with one attached hydrogen (secondary N) is 1. The fourth-order valence-corrected chi connectivity index (χ4v) is 2.88. The Kier molecular flexibility index (Phi) is 8.20. The highest BCUT2D eigenvalue weighted by molar-refractivity contribution is 6.01. The second-order valence-corrected chi connectivity index (χ2v) is 7.14. The fourth-order valence-electron chi connectivity index (χ4n) is 2.88. The molecule has 0 heterocycles. The lowest BCUT2D eigenvalue weighted by Crippen LogP contribution is -2.32. The van der Waals surface area contributed by atoms with E-state index in [0.29, 0.717) is 29.8 Å². The van der Waals surface area contributed by atoms with Crippen LogP contribution in [0.1, 0.15) is 47.4 Å². The minimum Gasteiger partial charge on any atom is -0.461 e. The molecule has 149 valence electrons. The molecule has 0 aliphatic carbocycles. The molecular formula is C23H29N2O3. The van der Waals surface area contributed by atoms with Crippen LogP contribution in [0, 0.1) is 6.07 Å². The Morgan fingerprint density at radius 1 is 1.21 bits per heavy atom. The maximum absolute atomic E-state index is 12.7. The molecule has 1 amide bonds. The number of rotatable bonds is 9. The van der Waals surface area contributed by atoms with E-state index >= 15 is 0 Å². The van der Waals surface area contributed by atoms with Crippen LogP contribution in [0.2, 0.25) is 0 Å². The number of ether oxygens (including phenoxy) is 1. The molecule has 28 heavy (non-hydrogen) atoms. The monoisotopic (exact) mass is 381 g/mol. The molecule has 0 bridgehead atoms. The van der Waals surface area contributed by atoms with E-state index in [1.807, 2.05) is 32.0 Å². The van der Waals surface area contributed by atoms with Gasteiger partial charge < -0.3 is 15.0 Å². The van der Waals surface area contributed by atoms with E-state index in [2.05, 4.69) is 18.3 Å². The molecular weight excluding hydrogens is 352 g/mol. The average Bonchev–Trinajstić information content (AvgIpc) is 2.68. The standard InChI is InChI=1S/C23H29N2O3/c1-5-9-17(2)24-22(26)21-13-7-6-12-20(21)18-10-8-11-19(16-18)23(27)28-15-14-25(3)4/h6-8,10-11,13,16-17H,5,9,14-15H2,1-4H3,(H,24,26).